The molecule has 2 rings (SSSR count). The van der Waals surface area contributed by atoms with Crippen LogP contribution in [0, 0.1) is 0 Å². The van der Waals surface area contributed by atoms with Gasteiger partial charge in [0.15, 0.2) is 8.68 Å². The van der Waals surface area contributed by atoms with E-state index < -0.39 is 0 Å². The summed E-state index contributed by atoms with van der Waals surface area (Å²) >= 11 is 6.01. The van der Waals surface area contributed by atoms with Crippen LogP contribution in [-0.4, -0.2) is 43.1 Å². The molecule has 0 atom stereocenters. The van der Waals surface area contributed by atoms with Gasteiger partial charge >= 0.3 is 0 Å². The van der Waals surface area contributed by atoms with Crippen LogP contribution in [0.5, 0.6) is 0 Å². The average molecular weight is 292 g/mol. The zero-order valence-corrected chi connectivity index (χ0v) is 11.3. The van der Waals surface area contributed by atoms with Gasteiger partial charge in [-0.15, -0.1) is 20.4 Å². The van der Waals surface area contributed by atoms with E-state index in [0.717, 1.165) is 8.68 Å². The fourth-order valence-electron chi connectivity index (χ4n) is 0.835. The van der Waals surface area contributed by atoms with Crippen molar-refractivity contribution in [2.45, 2.75) is 14.8 Å². The van der Waals surface area contributed by atoms with E-state index in [2.05, 4.69) is 20.4 Å². The summed E-state index contributed by atoms with van der Waals surface area (Å²) in [5.74, 6) is 1.25. The molecule has 2 aromatic rings. The molecular weight excluding hydrogens is 284 g/mol. The van der Waals surface area contributed by atoms with Crippen LogP contribution >= 0.6 is 46.2 Å². The van der Waals surface area contributed by atoms with Gasteiger partial charge < -0.3 is 5.11 Å². The van der Waals surface area contributed by atoms with Crippen LogP contribution in [-0.2, 0) is 0 Å². The highest BCUT2D eigenvalue weighted by molar-refractivity contribution is 8.01. The van der Waals surface area contributed by atoms with Crippen molar-refractivity contribution in [1.82, 2.24) is 20.4 Å². The molecule has 0 aliphatic rings. The number of aromatic nitrogens is 4. The van der Waals surface area contributed by atoms with Gasteiger partial charge in [-0.1, -0.05) is 46.2 Å². The Balaban J connectivity index is 1.66. The number of hydrogen-bond donors (Lipinski definition) is 1. The van der Waals surface area contributed by atoms with Crippen molar-refractivity contribution >= 4 is 46.2 Å². The van der Waals surface area contributed by atoms with Crippen molar-refractivity contribution in [3.63, 3.8) is 0 Å². The lowest BCUT2D eigenvalue weighted by molar-refractivity contribution is 0.225. The van der Waals surface area contributed by atoms with Gasteiger partial charge in [-0.3, -0.25) is 0 Å². The summed E-state index contributed by atoms with van der Waals surface area (Å²) < 4.78 is 1.78. The number of nitrogens with zero attached hydrogens (tertiary/aromatic N) is 4. The Morgan fingerprint density at radius 3 is 1.94 bits per heavy atom. The first-order valence-electron chi connectivity index (χ1n) is 4.30. The number of thioether (sulfide) groups is 2. The van der Waals surface area contributed by atoms with Crippen molar-refractivity contribution in [1.29, 1.82) is 0 Å². The third-order valence-electron chi connectivity index (χ3n) is 1.48. The van der Waals surface area contributed by atoms with Gasteiger partial charge in [-0.05, 0) is 0 Å². The summed E-state index contributed by atoms with van der Waals surface area (Å²) in [6, 6.07) is 0. The molecule has 0 aromatic carbocycles. The lowest BCUT2D eigenvalue weighted by Gasteiger charge is -2.06. The summed E-state index contributed by atoms with van der Waals surface area (Å²) in [6.07, 6.45) is -0.372. The highest BCUT2D eigenvalue weighted by Gasteiger charge is 2.08. The van der Waals surface area contributed by atoms with E-state index in [-0.39, 0.29) is 6.10 Å². The third kappa shape index (κ3) is 3.98. The minimum Gasteiger partial charge on any atom is -0.391 e. The molecule has 0 aliphatic carbocycles. The molecule has 0 unspecified atom stereocenters. The van der Waals surface area contributed by atoms with E-state index in [4.69, 9.17) is 0 Å². The Hall–Kier alpha value is -0.220. The molecule has 0 bridgehead atoms. The smallest absolute Gasteiger partial charge is 0.174 e. The molecule has 16 heavy (non-hydrogen) atoms. The van der Waals surface area contributed by atoms with Gasteiger partial charge in [0.05, 0.1) is 6.10 Å². The number of aliphatic hydroxyl groups is 1. The average Bonchev–Trinajstić information content (AvgIpc) is 2.96. The number of rotatable bonds is 6. The maximum atomic E-state index is 9.72. The maximum Gasteiger partial charge on any atom is 0.174 e. The second-order valence-electron chi connectivity index (χ2n) is 2.69. The molecule has 0 spiro atoms. The van der Waals surface area contributed by atoms with E-state index in [1.54, 1.807) is 11.0 Å². The highest BCUT2D eigenvalue weighted by atomic mass is 32.2. The van der Waals surface area contributed by atoms with Gasteiger partial charge in [-0.25, -0.2) is 0 Å². The first-order valence-corrected chi connectivity index (χ1v) is 8.03. The summed E-state index contributed by atoms with van der Waals surface area (Å²) in [5, 5.41) is 25.0. The standard InChI is InChI=1S/C7H8N4OS4/c12-5(1-13-6-10-8-3-15-6)2-14-7-11-9-4-16-7/h3-5,12H,1-2H2. The Morgan fingerprint density at radius 2 is 1.56 bits per heavy atom. The first kappa shape index (κ1) is 12.2. The van der Waals surface area contributed by atoms with Crippen LogP contribution in [0.4, 0.5) is 0 Å². The van der Waals surface area contributed by atoms with Crippen molar-refractivity contribution in [2.24, 2.45) is 0 Å². The van der Waals surface area contributed by atoms with Crippen molar-refractivity contribution in [2.75, 3.05) is 11.5 Å². The summed E-state index contributed by atoms with van der Waals surface area (Å²) in [5.41, 5.74) is 3.37. The largest absolute Gasteiger partial charge is 0.391 e. The van der Waals surface area contributed by atoms with Crippen LogP contribution in [0.2, 0.25) is 0 Å². The Labute approximate surface area is 109 Å². The second kappa shape index (κ2) is 6.50. The van der Waals surface area contributed by atoms with Gasteiger partial charge in [0.25, 0.3) is 0 Å². The monoisotopic (exact) mass is 292 g/mol. The molecule has 0 radical (unpaired) electrons. The highest BCUT2D eigenvalue weighted by Crippen LogP contribution is 2.23. The Kier molecular flexibility index (Phi) is 4.97. The summed E-state index contributed by atoms with van der Waals surface area (Å²) in [7, 11) is 0. The third-order valence-corrected chi connectivity index (χ3v) is 5.49. The predicted molar refractivity (Wildman–Crippen MR) is 67.3 cm³/mol. The lowest BCUT2D eigenvalue weighted by atomic mass is 10.5. The molecule has 86 valence electrons. The van der Waals surface area contributed by atoms with E-state index in [9.17, 15) is 5.11 Å². The van der Waals surface area contributed by atoms with E-state index in [1.165, 1.54) is 46.2 Å². The van der Waals surface area contributed by atoms with Crippen molar-refractivity contribution < 1.29 is 5.11 Å². The van der Waals surface area contributed by atoms with Gasteiger partial charge in [0.2, 0.25) is 0 Å². The van der Waals surface area contributed by atoms with Crippen LogP contribution in [0.25, 0.3) is 0 Å². The molecule has 0 fully saturated rings. The zero-order valence-electron chi connectivity index (χ0n) is 8.02. The van der Waals surface area contributed by atoms with E-state index in [1.807, 2.05) is 0 Å². The predicted octanol–water partition coefficient (Wildman–Crippen LogP) is 1.63. The Morgan fingerprint density at radius 1 is 1.06 bits per heavy atom. The molecule has 2 heterocycles. The molecule has 0 saturated carbocycles. The number of hydrogen-bond acceptors (Lipinski definition) is 9. The second-order valence-corrected chi connectivity index (χ2v) is 6.89. The van der Waals surface area contributed by atoms with Crippen LogP contribution in [0.15, 0.2) is 19.7 Å². The molecular formula is C7H8N4OS4. The van der Waals surface area contributed by atoms with Gasteiger partial charge in [-0.2, -0.15) is 0 Å². The zero-order chi connectivity index (χ0) is 11.2. The van der Waals surface area contributed by atoms with Crippen LogP contribution < -0.4 is 0 Å². The SMILES string of the molecule is OC(CSc1nncs1)CSc1nncs1. The quantitative estimate of drug-likeness (QED) is 0.811. The number of aliphatic hydroxyl groups excluding tert-OH is 1. The minimum atomic E-state index is -0.372. The molecule has 0 aliphatic heterocycles. The van der Waals surface area contributed by atoms with Gasteiger partial charge in [0, 0.05) is 11.5 Å². The fraction of sp³-hybridized carbons (Fsp3) is 0.429. The van der Waals surface area contributed by atoms with E-state index >= 15 is 0 Å². The minimum absolute atomic E-state index is 0.372. The summed E-state index contributed by atoms with van der Waals surface area (Å²) in [6.45, 7) is 0. The molecule has 1 N–H and O–H groups in total. The van der Waals surface area contributed by atoms with Crippen molar-refractivity contribution in [3.8, 4) is 0 Å². The lowest BCUT2D eigenvalue weighted by Crippen LogP contribution is -2.12. The van der Waals surface area contributed by atoms with Gasteiger partial charge in [0.1, 0.15) is 11.0 Å². The normalized spacial score (nSPS) is 11.1. The molecule has 0 amide bonds. The maximum absolute atomic E-state index is 9.72. The Bertz CT molecular complexity index is 354. The van der Waals surface area contributed by atoms with E-state index in [0.29, 0.717) is 11.5 Å². The molecule has 0 saturated heterocycles. The first-order chi connectivity index (χ1) is 7.84. The summed E-state index contributed by atoms with van der Waals surface area (Å²) in [4.78, 5) is 0. The molecule has 2 aromatic heterocycles. The molecule has 5 nitrogen and oxygen atoms in total. The topological polar surface area (TPSA) is 71.8 Å². The fourth-order valence-corrected chi connectivity index (χ4v) is 3.87. The van der Waals surface area contributed by atoms with Crippen LogP contribution in [0.1, 0.15) is 0 Å². The van der Waals surface area contributed by atoms with Crippen molar-refractivity contribution in [3.05, 3.63) is 11.0 Å². The van der Waals surface area contributed by atoms with Crippen LogP contribution in [0.3, 0.4) is 0 Å². The molecule has 9 heteroatoms.